The van der Waals surface area contributed by atoms with Gasteiger partial charge in [0, 0.05) is 5.56 Å². The van der Waals surface area contributed by atoms with Crippen molar-refractivity contribution >= 4 is 32.6 Å². The highest BCUT2D eigenvalue weighted by Crippen LogP contribution is 2.32. The number of thiazole rings is 1. The van der Waals surface area contributed by atoms with Gasteiger partial charge in [-0.15, -0.1) is 0 Å². The summed E-state index contributed by atoms with van der Waals surface area (Å²) in [6.07, 6.45) is 0.966. The first-order chi connectivity index (χ1) is 16.7. The van der Waals surface area contributed by atoms with E-state index in [4.69, 9.17) is 9.72 Å². The van der Waals surface area contributed by atoms with Gasteiger partial charge in [0.1, 0.15) is 11.5 Å². The summed E-state index contributed by atoms with van der Waals surface area (Å²) < 4.78 is 6.97. The number of anilines is 1. The van der Waals surface area contributed by atoms with Crippen LogP contribution in [0, 0.1) is 0 Å². The Balaban J connectivity index is 1.45. The molecule has 0 fully saturated rings. The molecule has 0 atom stereocenters. The molecule has 5 aromatic rings. The zero-order valence-electron chi connectivity index (χ0n) is 18.8. The molecular formula is C29H24N2O2S. The number of para-hydroxylation sites is 1. The van der Waals surface area contributed by atoms with Crippen molar-refractivity contribution in [1.82, 2.24) is 4.98 Å². The number of aryl methyl sites for hydroxylation is 1. The largest absolute Gasteiger partial charge is 0.457 e. The molecule has 0 saturated heterocycles. The highest BCUT2D eigenvalue weighted by atomic mass is 32.1. The molecule has 4 nitrogen and oxygen atoms in total. The lowest BCUT2D eigenvalue weighted by Crippen LogP contribution is -2.30. The summed E-state index contributed by atoms with van der Waals surface area (Å²) in [6, 6.07) is 33.2. The van der Waals surface area contributed by atoms with Gasteiger partial charge in [-0.25, -0.2) is 4.98 Å². The van der Waals surface area contributed by atoms with E-state index in [1.165, 1.54) is 5.56 Å². The summed E-state index contributed by atoms with van der Waals surface area (Å²) in [6.45, 7) is 2.59. The van der Waals surface area contributed by atoms with Crippen molar-refractivity contribution in [3.05, 3.63) is 120 Å². The van der Waals surface area contributed by atoms with Crippen molar-refractivity contribution in [2.75, 3.05) is 4.90 Å². The maximum absolute atomic E-state index is 13.7. The number of fused-ring (bicyclic) bond motifs is 1. The molecule has 168 valence electrons. The van der Waals surface area contributed by atoms with Gasteiger partial charge < -0.3 is 4.74 Å². The van der Waals surface area contributed by atoms with Gasteiger partial charge in [-0.2, -0.15) is 0 Å². The van der Waals surface area contributed by atoms with E-state index in [0.717, 1.165) is 28.0 Å². The second kappa shape index (κ2) is 9.89. The summed E-state index contributed by atoms with van der Waals surface area (Å²) in [5.74, 6) is 1.35. The van der Waals surface area contributed by atoms with Crippen LogP contribution in [0.3, 0.4) is 0 Å². The van der Waals surface area contributed by atoms with Gasteiger partial charge in [-0.3, -0.25) is 9.69 Å². The average Bonchev–Trinajstić information content (AvgIpc) is 3.31. The molecule has 0 aliphatic carbocycles. The van der Waals surface area contributed by atoms with Gasteiger partial charge in [0.25, 0.3) is 5.91 Å². The Bertz CT molecular complexity index is 1400. The molecule has 0 N–H and O–H groups in total. The molecule has 0 saturated carbocycles. The molecule has 1 aromatic heterocycles. The van der Waals surface area contributed by atoms with Crippen molar-refractivity contribution in [3.63, 3.8) is 0 Å². The zero-order chi connectivity index (χ0) is 23.3. The van der Waals surface area contributed by atoms with E-state index in [2.05, 4.69) is 19.1 Å². The first-order valence-electron chi connectivity index (χ1n) is 11.3. The van der Waals surface area contributed by atoms with Crippen LogP contribution in [0.5, 0.6) is 11.5 Å². The van der Waals surface area contributed by atoms with E-state index >= 15 is 0 Å². The number of hydrogen-bond acceptors (Lipinski definition) is 4. The number of rotatable bonds is 7. The lowest BCUT2D eigenvalue weighted by atomic mass is 10.1. The third kappa shape index (κ3) is 4.85. The fourth-order valence-corrected chi connectivity index (χ4v) is 4.76. The van der Waals surface area contributed by atoms with Crippen LogP contribution in [-0.4, -0.2) is 10.9 Å². The third-order valence-electron chi connectivity index (χ3n) is 5.59. The number of ether oxygens (including phenoxy) is 1. The molecule has 0 bridgehead atoms. The van der Waals surface area contributed by atoms with E-state index in [9.17, 15) is 4.79 Å². The number of carbonyl (C=O) groups excluding carboxylic acids is 1. The molecule has 34 heavy (non-hydrogen) atoms. The van der Waals surface area contributed by atoms with Gasteiger partial charge in [0.15, 0.2) is 5.13 Å². The molecule has 4 aromatic carbocycles. The predicted molar refractivity (Wildman–Crippen MR) is 139 cm³/mol. The number of nitrogens with zero attached hydrogens (tertiary/aromatic N) is 2. The third-order valence-corrected chi connectivity index (χ3v) is 6.63. The van der Waals surface area contributed by atoms with Crippen LogP contribution in [0.4, 0.5) is 5.13 Å². The van der Waals surface area contributed by atoms with Crippen molar-refractivity contribution in [1.29, 1.82) is 0 Å². The smallest absolute Gasteiger partial charge is 0.260 e. The molecule has 0 aliphatic heterocycles. The summed E-state index contributed by atoms with van der Waals surface area (Å²) >= 11 is 1.55. The van der Waals surface area contributed by atoms with Crippen molar-refractivity contribution < 1.29 is 9.53 Å². The first-order valence-corrected chi connectivity index (χ1v) is 12.1. The Kier molecular flexibility index (Phi) is 6.36. The second-order valence-corrected chi connectivity index (χ2v) is 8.98. The molecule has 0 spiro atoms. The van der Waals surface area contributed by atoms with Crippen LogP contribution in [0.15, 0.2) is 103 Å². The molecule has 5 heteroatoms. The highest BCUT2D eigenvalue weighted by Gasteiger charge is 2.22. The second-order valence-electron chi connectivity index (χ2n) is 7.97. The molecule has 1 heterocycles. The lowest BCUT2D eigenvalue weighted by molar-refractivity contribution is 0.0985. The van der Waals surface area contributed by atoms with Crippen LogP contribution in [-0.2, 0) is 13.0 Å². The number of benzene rings is 4. The maximum Gasteiger partial charge on any atom is 0.260 e. The Labute approximate surface area is 203 Å². The van der Waals surface area contributed by atoms with E-state index in [1.54, 1.807) is 28.4 Å². The van der Waals surface area contributed by atoms with Crippen molar-refractivity contribution in [2.45, 2.75) is 19.9 Å². The Hall–Kier alpha value is -3.96. The Morgan fingerprint density at radius 3 is 2.21 bits per heavy atom. The quantitative estimate of drug-likeness (QED) is 0.250. The number of amides is 1. The van der Waals surface area contributed by atoms with E-state index < -0.39 is 0 Å². The summed E-state index contributed by atoms with van der Waals surface area (Å²) in [5.41, 5.74) is 3.81. The normalized spacial score (nSPS) is 10.9. The van der Waals surface area contributed by atoms with Gasteiger partial charge in [0.05, 0.1) is 16.8 Å². The van der Waals surface area contributed by atoms with Gasteiger partial charge in [-0.1, -0.05) is 72.9 Å². The molecule has 5 rings (SSSR count). The van der Waals surface area contributed by atoms with E-state index in [-0.39, 0.29) is 5.91 Å². The van der Waals surface area contributed by atoms with Crippen LogP contribution >= 0.6 is 11.3 Å². The number of hydrogen-bond donors (Lipinski definition) is 0. The highest BCUT2D eigenvalue weighted by molar-refractivity contribution is 7.22. The SMILES string of the molecule is CCc1ccc2nc(N(Cc3ccccc3)C(=O)c3ccc(Oc4ccccc4)cc3)sc2c1. The Morgan fingerprint density at radius 2 is 1.50 bits per heavy atom. The minimum atomic E-state index is -0.0927. The van der Waals surface area contributed by atoms with Crippen LogP contribution in [0.2, 0.25) is 0 Å². The number of aromatic nitrogens is 1. The maximum atomic E-state index is 13.7. The predicted octanol–water partition coefficient (Wildman–Crippen LogP) is 7.50. The van der Waals surface area contributed by atoms with Gasteiger partial charge in [-0.05, 0) is 66.1 Å². The fraction of sp³-hybridized carbons (Fsp3) is 0.103. The minimum Gasteiger partial charge on any atom is -0.457 e. The molecule has 1 amide bonds. The minimum absolute atomic E-state index is 0.0927. The molecule has 0 unspecified atom stereocenters. The molecular weight excluding hydrogens is 440 g/mol. The Morgan fingerprint density at radius 1 is 0.824 bits per heavy atom. The summed E-state index contributed by atoms with van der Waals surface area (Å²) in [4.78, 5) is 20.2. The van der Waals surface area contributed by atoms with Crippen LogP contribution in [0.1, 0.15) is 28.4 Å². The standard InChI is InChI=1S/C29H24N2O2S/c1-2-21-13-18-26-27(19-21)34-29(30-26)31(20-22-9-5-3-6-10-22)28(32)23-14-16-25(17-15-23)33-24-11-7-4-8-12-24/h3-19H,2,20H2,1H3. The van der Waals surface area contributed by atoms with Crippen LogP contribution in [0.25, 0.3) is 10.2 Å². The van der Waals surface area contributed by atoms with Crippen molar-refractivity contribution in [2.24, 2.45) is 0 Å². The van der Waals surface area contributed by atoms with E-state index in [1.807, 2.05) is 78.9 Å². The molecule has 0 aliphatic rings. The van der Waals surface area contributed by atoms with Gasteiger partial charge in [0.2, 0.25) is 0 Å². The van der Waals surface area contributed by atoms with E-state index in [0.29, 0.717) is 23.0 Å². The molecule has 0 radical (unpaired) electrons. The summed E-state index contributed by atoms with van der Waals surface area (Å²) in [5, 5.41) is 0.696. The van der Waals surface area contributed by atoms with Crippen molar-refractivity contribution in [3.8, 4) is 11.5 Å². The zero-order valence-corrected chi connectivity index (χ0v) is 19.7. The van der Waals surface area contributed by atoms with Crippen LogP contribution < -0.4 is 9.64 Å². The van der Waals surface area contributed by atoms with Gasteiger partial charge >= 0.3 is 0 Å². The fourth-order valence-electron chi connectivity index (χ4n) is 3.73. The monoisotopic (exact) mass is 464 g/mol. The lowest BCUT2D eigenvalue weighted by Gasteiger charge is -2.20. The topological polar surface area (TPSA) is 42.4 Å². The first kappa shape index (κ1) is 21.9. The summed E-state index contributed by atoms with van der Waals surface area (Å²) in [7, 11) is 0. The number of carbonyl (C=O) groups is 1. The average molecular weight is 465 g/mol.